The summed E-state index contributed by atoms with van der Waals surface area (Å²) in [5.41, 5.74) is 17.8. The van der Waals surface area contributed by atoms with E-state index < -0.39 is 142 Å². The molecule has 3 unspecified atom stereocenters. The van der Waals surface area contributed by atoms with E-state index >= 15 is 0 Å². The molecule has 258 valence electrons. The fourth-order valence-electron chi connectivity index (χ4n) is 5.51. The Morgan fingerprint density at radius 3 is 1.96 bits per heavy atom. The Balaban J connectivity index is 1.48. The molecule has 2 amide bonds. The van der Waals surface area contributed by atoms with E-state index in [1.165, 1.54) is 0 Å². The molecule has 4 saturated heterocycles. The fraction of sp³-hybridized carbons (Fsp3) is 0.875. The van der Waals surface area contributed by atoms with Crippen LogP contribution in [0.3, 0.4) is 0 Å². The average Bonchev–Trinajstić information content (AvgIpc) is 3.32. The molecule has 0 aromatic heterocycles. The summed E-state index contributed by atoms with van der Waals surface area (Å²) in [6.07, 6.45) is -19.3. The van der Waals surface area contributed by atoms with Gasteiger partial charge in [0.1, 0.15) is 55.4 Å². The lowest BCUT2D eigenvalue weighted by atomic mass is 9.93. The Bertz CT molecular complexity index is 1070. The van der Waals surface area contributed by atoms with Crippen molar-refractivity contribution in [3.8, 4) is 0 Å². The first kappa shape index (κ1) is 35.8. The van der Waals surface area contributed by atoms with Crippen molar-refractivity contribution in [1.82, 2.24) is 5.32 Å². The van der Waals surface area contributed by atoms with Gasteiger partial charge in [-0.15, -0.1) is 0 Å². The van der Waals surface area contributed by atoms with E-state index in [0.29, 0.717) is 0 Å². The van der Waals surface area contributed by atoms with Gasteiger partial charge in [-0.05, 0) is 0 Å². The maximum Gasteiger partial charge on any atom is 0.309 e. The first-order valence-electron chi connectivity index (χ1n) is 14.0. The molecule has 21 nitrogen and oxygen atoms in total. The Kier molecular flexibility index (Phi) is 11.5. The second kappa shape index (κ2) is 14.4. The average molecular weight is 657 g/mol. The molecular weight excluding hydrogens is 616 g/mol. The van der Waals surface area contributed by atoms with Gasteiger partial charge >= 0.3 is 5.97 Å². The molecule has 0 bridgehead atoms. The van der Waals surface area contributed by atoms with Gasteiger partial charge in [-0.25, -0.2) is 0 Å². The van der Waals surface area contributed by atoms with E-state index in [0.717, 1.165) is 0 Å². The lowest BCUT2D eigenvalue weighted by Crippen LogP contribution is -2.72. The highest BCUT2D eigenvalue weighted by Gasteiger charge is 2.58. The highest BCUT2D eigenvalue weighted by molar-refractivity contribution is 6.04. The van der Waals surface area contributed by atoms with Crippen LogP contribution in [0.2, 0.25) is 0 Å². The van der Waals surface area contributed by atoms with Gasteiger partial charge < -0.3 is 86.5 Å². The number of imide groups is 1. The maximum atomic E-state index is 12.7. The third-order valence-corrected chi connectivity index (χ3v) is 8.19. The smallest absolute Gasteiger partial charge is 0.309 e. The number of hydrogen-bond acceptors (Lipinski definition) is 20. The molecule has 0 aromatic carbocycles. The second-order valence-electron chi connectivity index (χ2n) is 11.3. The number of hydrogen-bond donors (Lipinski definition) is 12. The molecule has 16 atom stereocenters. The Morgan fingerprint density at radius 1 is 0.844 bits per heavy atom. The van der Waals surface area contributed by atoms with Crippen LogP contribution in [0.15, 0.2) is 0 Å². The summed E-state index contributed by atoms with van der Waals surface area (Å²) in [5.74, 6) is -6.33. The first-order valence-corrected chi connectivity index (χ1v) is 14.0. The summed E-state index contributed by atoms with van der Waals surface area (Å²) in [6, 6.07) is -4.46. The third-order valence-electron chi connectivity index (χ3n) is 8.19. The highest BCUT2D eigenvalue weighted by atomic mass is 16.8. The van der Waals surface area contributed by atoms with Gasteiger partial charge in [0, 0.05) is 6.42 Å². The Labute approximate surface area is 254 Å². The second-order valence-corrected chi connectivity index (χ2v) is 11.3. The number of esters is 1. The normalized spacial score (nSPS) is 47.4. The number of carbonyl (C=O) groups is 3. The molecule has 0 radical (unpaired) electrons. The van der Waals surface area contributed by atoms with E-state index in [4.69, 9.17) is 45.6 Å². The van der Waals surface area contributed by atoms with Crippen LogP contribution in [0.5, 0.6) is 0 Å². The summed E-state index contributed by atoms with van der Waals surface area (Å²) >= 11 is 0. The van der Waals surface area contributed by atoms with E-state index in [1.54, 1.807) is 0 Å². The molecule has 4 aliphatic rings. The van der Waals surface area contributed by atoms with Crippen LogP contribution in [0.4, 0.5) is 0 Å². The van der Waals surface area contributed by atoms with Crippen molar-refractivity contribution in [3.05, 3.63) is 0 Å². The van der Waals surface area contributed by atoms with Gasteiger partial charge in [-0.3, -0.25) is 19.7 Å². The first-order chi connectivity index (χ1) is 21.2. The van der Waals surface area contributed by atoms with Gasteiger partial charge in [0.25, 0.3) is 5.79 Å². The SMILES string of the molecule is N[C@H]1[C@@H](OC2[C@@H](CO)O[C@@H](OC3[C@@H](CO)O[C@@H](O)[C@H](N)[C@H]3O)[C@H](N)[C@H]2O)O[C@](CO)(OC(=O)CC2CC(=O)NC2=O)[C@@H](O)[C@@H]1O. The van der Waals surface area contributed by atoms with Crippen LogP contribution in [-0.4, -0.2) is 170 Å². The zero-order valence-electron chi connectivity index (χ0n) is 23.7. The lowest BCUT2D eigenvalue weighted by Gasteiger charge is -2.50. The van der Waals surface area contributed by atoms with Crippen molar-refractivity contribution >= 4 is 17.8 Å². The number of rotatable bonds is 10. The van der Waals surface area contributed by atoms with Crippen LogP contribution < -0.4 is 22.5 Å². The minimum Gasteiger partial charge on any atom is -0.427 e. The van der Waals surface area contributed by atoms with E-state index in [1.807, 2.05) is 5.32 Å². The van der Waals surface area contributed by atoms with E-state index in [9.17, 15) is 55.2 Å². The zero-order chi connectivity index (χ0) is 33.4. The van der Waals surface area contributed by atoms with Crippen LogP contribution in [0.25, 0.3) is 0 Å². The van der Waals surface area contributed by atoms with Crippen molar-refractivity contribution in [1.29, 1.82) is 0 Å². The standard InChI is InChI=1S/C24H40N4O17/c25-11-14(34)17(7(3-29)40-21(11)39)42-22-12(26)15(35)18(8(4-30)41-22)43-23-13(27)16(36)19(37)24(5-31,45-23)44-10(33)2-6-1-9(32)28-20(6)38/h6-8,11-19,21-23,29-31,34-37,39H,1-5,25-27H2,(H,28,32,38)/t6?,7-,8-,11-,12-,13-,14-,15-,16-,17?,18?,19+,21-,22+,23+,24+/m1/s1. The zero-order valence-corrected chi connectivity index (χ0v) is 23.7. The summed E-state index contributed by atoms with van der Waals surface area (Å²) in [4.78, 5) is 36.0. The monoisotopic (exact) mass is 656 g/mol. The molecule has 15 N–H and O–H groups in total. The van der Waals surface area contributed by atoms with Gasteiger partial charge in [-0.1, -0.05) is 0 Å². The number of aliphatic hydroxyl groups excluding tert-OH is 8. The van der Waals surface area contributed by atoms with Gasteiger partial charge in [-0.2, -0.15) is 0 Å². The third kappa shape index (κ3) is 7.13. The summed E-state index contributed by atoms with van der Waals surface area (Å²) in [6.45, 7) is -2.83. The molecule has 4 heterocycles. The van der Waals surface area contributed by atoms with Gasteiger partial charge in [0.15, 0.2) is 18.9 Å². The largest absolute Gasteiger partial charge is 0.427 e. The molecule has 0 aliphatic carbocycles. The van der Waals surface area contributed by atoms with E-state index in [-0.39, 0.29) is 6.42 Å². The van der Waals surface area contributed by atoms with Crippen LogP contribution >= 0.6 is 0 Å². The van der Waals surface area contributed by atoms with E-state index in [2.05, 4.69) is 0 Å². The lowest BCUT2D eigenvalue weighted by molar-refractivity contribution is -0.399. The van der Waals surface area contributed by atoms with Crippen LogP contribution in [0.1, 0.15) is 12.8 Å². The van der Waals surface area contributed by atoms with Crippen LogP contribution in [0, 0.1) is 5.92 Å². The quantitative estimate of drug-likeness (QED) is 0.0766. The summed E-state index contributed by atoms with van der Waals surface area (Å²) in [7, 11) is 0. The number of carbonyl (C=O) groups excluding carboxylic acids is 3. The summed E-state index contributed by atoms with van der Waals surface area (Å²) < 4.78 is 32.9. The fourth-order valence-corrected chi connectivity index (χ4v) is 5.51. The molecule has 4 rings (SSSR count). The van der Waals surface area contributed by atoms with Crippen molar-refractivity contribution in [2.24, 2.45) is 23.1 Å². The molecular formula is C24H40N4O17. The van der Waals surface area contributed by atoms with Crippen molar-refractivity contribution in [3.63, 3.8) is 0 Å². The Hall–Kier alpha value is -2.03. The molecule has 45 heavy (non-hydrogen) atoms. The number of nitrogens with two attached hydrogens (primary N) is 3. The molecule has 0 spiro atoms. The molecule has 4 aliphatic heterocycles. The predicted molar refractivity (Wildman–Crippen MR) is 138 cm³/mol. The van der Waals surface area contributed by atoms with Crippen molar-refractivity contribution in [2.45, 2.75) is 104 Å². The van der Waals surface area contributed by atoms with Gasteiger partial charge in [0.05, 0.1) is 43.7 Å². The number of ether oxygens (including phenoxy) is 6. The minimum atomic E-state index is -2.70. The van der Waals surface area contributed by atoms with Gasteiger partial charge in [0.2, 0.25) is 11.8 Å². The van der Waals surface area contributed by atoms with Crippen LogP contribution in [-0.2, 0) is 42.8 Å². The number of aliphatic hydroxyl groups is 8. The number of nitrogens with one attached hydrogen (secondary N) is 1. The number of amides is 2. The van der Waals surface area contributed by atoms with Crippen molar-refractivity contribution < 1.29 is 83.7 Å². The molecule has 4 fully saturated rings. The molecule has 21 heteroatoms. The maximum absolute atomic E-state index is 12.7. The predicted octanol–water partition coefficient (Wildman–Crippen LogP) is -8.75. The molecule has 0 saturated carbocycles. The summed E-state index contributed by atoms with van der Waals surface area (Å²) in [5, 5.41) is 84.5. The van der Waals surface area contributed by atoms with Crippen molar-refractivity contribution in [2.75, 3.05) is 19.8 Å². The topological polar surface area (TPSA) is 359 Å². The minimum absolute atomic E-state index is 0.308. The molecule has 0 aromatic rings. The highest BCUT2D eigenvalue weighted by Crippen LogP contribution is 2.35. The Morgan fingerprint density at radius 2 is 1.40 bits per heavy atom.